The second-order valence-corrected chi connectivity index (χ2v) is 6.99. The van der Waals surface area contributed by atoms with Crippen LogP contribution in [0.15, 0.2) is 67.3 Å². The van der Waals surface area contributed by atoms with Crippen LogP contribution >= 0.6 is 0 Å². The number of nitrogens with one attached hydrogen (secondary N) is 1. The van der Waals surface area contributed by atoms with Gasteiger partial charge in [0.15, 0.2) is 5.82 Å². The Labute approximate surface area is 164 Å². The number of carbonyl (C=O) groups excluding carboxylic acids is 1. The van der Waals surface area contributed by atoms with Gasteiger partial charge in [0.05, 0.1) is 5.56 Å². The highest BCUT2D eigenvalue weighted by Gasteiger charge is 2.23. The molecule has 0 saturated carbocycles. The lowest BCUT2D eigenvalue weighted by Crippen LogP contribution is -2.33. The molecule has 142 valence electrons. The molecule has 0 radical (unpaired) electrons. The molecule has 1 amide bonds. The van der Waals surface area contributed by atoms with Gasteiger partial charge in [0.25, 0.3) is 5.91 Å². The van der Waals surface area contributed by atoms with Gasteiger partial charge < -0.3 is 10.2 Å². The van der Waals surface area contributed by atoms with E-state index in [4.69, 9.17) is 0 Å². The molecule has 3 heterocycles. The average molecular weight is 373 g/mol. The predicted molar refractivity (Wildman–Crippen MR) is 108 cm³/mol. The van der Waals surface area contributed by atoms with Gasteiger partial charge >= 0.3 is 0 Å². The molecule has 6 heteroatoms. The van der Waals surface area contributed by atoms with Crippen molar-refractivity contribution in [2.24, 2.45) is 0 Å². The van der Waals surface area contributed by atoms with Crippen molar-refractivity contribution in [3.8, 4) is 11.4 Å². The van der Waals surface area contributed by atoms with Crippen LogP contribution in [0.3, 0.4) is 0 Å². The maximum Gasteiger partial charge on any atom is 0.254 e. The number of hydrogen-bond acceptors (Lipinski definition) is 5. The molecular weight excluding hydrogens is 350 g/mol. The van der Waals surface area contributed by atoms with Crippen molar-refractivity contribution >= 4 is 5.91 Å². The monoisotopic (exact) mass is 373 g/mol. The number of likely N-dealkylation sites (tertiary alicyclic amines) is 1. The number of amides is 1. The number of carbonyl (C=O) groups is 1. The summed E-state index contributed by atoms with van der Waals surface area (Å²) in [5.74, 6) is 1.01. The zero-order chi connectivity index (χ0) is 19.2. The van der Waals surface area contributed by atoms with Gasteiger partial charge in [-0.1, -0.05) is 30.3 Å². The highest BCUT2D eigenvalue weighted by Crippen LogP contribution is 2.26. The van der Waals surface area contributed by atoms with Gasteiger partial charge in [-0.3, -0.25) is 9.78 Å². The standard InChI is InChI=1S/C22H23N5O/c28-22(20-14-25-21(26-15-20)18-7-4-9-23-13-18)24-10-12-27-11-8-19(16-27)17-5-2-1-3-6-17/h1-7,9,13-15,19H,8,10-12,16H2,(H,24,28). The summed E-state index contributed by atoms with van der Waals surface area (Å²) in [6, 6.07) is 14.4. The van der Waals surface area contributed by atoms with Crippen molar-refractivity contribution in [2.45, 2.75) is 12.3 Å². The van der Waals surface area contributed by atoms with E-state index in [9.17, 15) is 4.79 Å². The van der Waals surface area contributed by atoms with Crippen LogP contribution in [0.25, 0.3) is 11.4 Å². The van der Waals surface area contributed by atoms with Gasteiger partial charge in [-0.25, -0.2) is 9.97 Å². The Morgan fingerprint density at radius 1 is 1.07 bits per heavy atom. The van der Waals surface area contributed by atoms with Crippen LogP contribution in [0.2, 0.25) is 0 Å². The Hall–Kier alpha value is -3.12. The minimum absolute atomic E-state index is 0.142. The fourth-order valence-electron chi connectivity index (χ4n) is 3.55. The summed E-state index contributed by atoms with van der Waals surface area (Å²) in [6.45, 7) is 3.58. The second kappa shape index (κ2) is 8.71. The van der Waals surface area contributed by atoms with Gasteiger partial charge in [-0.15, -0.1) is 0 Å². The first-order valence-electron chi connectivity index (χ1n) is 9.57. The van der Waals surface area contributed by atoms with Gasteiger partial charge in [0.1, 0.15) is 0 Å². The predicted octanol–water partition coefficient (Wildman–Crippen LogP) is 2.76. The molecule has 1 aliphatic rings. The lowest BCUT2D eigenvalue weighted by molar-refractivity contribution is 0.0949. The first kappa shape index (κ1) is 18.3. The second-order valence-electron chi connectivity index (χ2n) is 6.99. The van der Waals surface area contributed by atoms with Gasteiger partial charge in [-0.05, 0) is 36.6 Å². The van der Waals surface area contributed by atoms with E-state index in [0.717, 1.165) is 25.2 Å². The van der Waals surface area contributed by atoms with Crippen LogP contribution < -0.4 is 5.32 Å². The number of hydrogen-bond donors (Lipinski definition) is 1. The van der Waals surface area contributed by atoms with Gasteiger partial charge in [0.2, 0.25) is 0 Å². The molecule has 6 nitrogen and oxygen atoms in total. The number of pyridine rings is 1. The molecule has 3 aromatic rings. The van der Waals surface area contributed by atoms with Crippen LogP contribution in [0.5, 0.6) is 0 Å². The van der Waals surface area contributed by atoms with E-state index < -0.39 is 0 Å². The van der Waals surface area contributed by atoms with Gasteiger partial charge in [-0.2, -0.15) is 0 Å². The van der Waals surface area contributed by atoms with Crippen LogP contribution in [-0.4, -0.2) is 51.9 Å². The lowest BCUT2D eigenvalue weighted by Gasteiger charge is -2.16. The van der Waals surface area contributed by atoms with Crippen molar-refractivity contribution in [2.75, 3.05) is 26.2 Å². The molecule has 0 bridgehead atoms. The minimum Gasteiger partial charge on any atom is -0.351 e. The molecule has 1 saturated heterocycles. The molecule has 28 heavy (non-hydrogen) atoms. The molecule has 1 N–H and O–H groups in total. The fraction of sp³-hybridized carbons (Fsp3) is 0.273. The maximum absolute atomic E-state index is 12.3. The average Bonchev–Trinajstić information content (AvgIpc) is 3.24. The first-order valence-corrected chi connectivity index (χ1v) is 9.57. The Morgan fingerprint density at radius 3 is 2.64 bits per heavy atom. The van der Waals surface area contributed by atoms with Crippen molar-refractivity contribution in [3.05, 3.63) is 78.4 Å². The molecule has 1 atom stereocenters. The summed E-state index contributed by atoms with van der Waals surface area (Å²) >= 11 is 0. The van der Waals surface area contributed by atoms with Crippen molar-refractivity contribution in [1.29, 1.82) is 0 Å². The van der Waals surface area contributed by atoms with Crippen LogP contribution in [0, 0.1) is 0 Å². The highest BCUT2D eigenvalue weighted by atomic mass is 16.1. The van der Waals surface area contributed by atoms with E-state index in [1.807, 2.05) is 12.1 Å². The summed E-state index contributed by atoms with van der Waals surface area (Å²) in [5, 5.41) is 2.97. The number of aromatic nitrogens is 3. The summed E-state index contributed by atoms with van der Waals surface area (Å²) in [7, 11) is 0. The van der Waals surface area contributed by atoms with Crippen molar-refractivity contribution < 1.29 is 4.79 Å². The first-order chi connectivity index (χ1) is 13.8. The SMILES string of the molecule is O=C(NCCN1CCC(c2ccccc2)C1)c1cnc(-c2cccnc2)nc1. The third-order valence-corrected chi connectivity index (χ3v) is 5.09. The fourth-order valence-corrected chi connectivity index (χ4v) is 3.55. The molecule has 2 aromatic heterocycles. The van der Waals surface area contributed by atoms with E-state index in [-0.39, 0.29) is 5.91 Å². The Morgan fingerprint density at radius 2 is 1.89 bits per heavy atom. The number of rotatable bonds is 6. The lowest BCUT2D eigenvalue weighted by atomic mass is 9.99. The Bertz CT molecular complexity index is 899. The normalized spacial score (nSPS) is 16.8. The largest absolute Gasteiger partial charge is 0.351 e. The molecule has 1 aromatic carbocycles. The molecule has 4 rings (SSSR count). The third kappa shape index (κ3) is 4.40. The van der Waals surface area contributed by atoms with E-state index >= 15 is 0 Å². The Kier molecular flexibility index (Phi) is 5.68. The van der Waals surface area contributed by atoms with E-state index in [0.29, 0.717) is 23.9 Å². The Balaban J connectivity index is 1.25. The van der Waals surface area contributed by atoms with E-state index in [1.54, 1.807) is 24.8 Å². The smallest absolute Gasteiger partial charge is 0.254 e. The number of nitrogens with zero attached hydrogens (tertiary/aromatic N) is 4. The molecule has 0 aliphatic carbocycles. The minimum atomic E-state index is -0.142. The zero-order valence-electron chi connectivity index (χ0n) is 15.7. The third-order valence-electron chi connectivity index (χ3n) is 5.09. The zero-order valence-corrected chi connectivity index (χ0v) is 15.7. The van der Waals surface area contributed by atoms with Crippen LogP contribution in [0.1, 0.15) is 28.3 Å². The molecule has 1 unspecified atom stereocenters. The van der Waals surface area contributed by atoms with Crippen molar-refractivity contribution in [1.82, 2.24) is 25.2 Å². The van der Waals surface area contributed by atoms with E-state index in [1.165, 1.54) is 12.0 Å². The topological polar surface area (TPSA) is 71.0 Å². The quantitative estimate of drug-likeness (QED) is 0.719. The maximum atomic E-state index is 12.3. The van der Waals surface area contributed by atoms with E-state index in [2.05, 4.69) is 55.5 Å². The highest BCUT2D eigenvalue weighted by molar-refractivity contribution is 5.93. The summed E-state index contributed by atoms with van der Waals surface area (Å²) in [5.41, 5.74) is 2.70. The van der Waals surface area contributed by atoms with Gasteiger partial charge in [0, 0.05) is 50.0 Å². The van der Waals surface area contributed by atoms with Crippen LogP contribution in [-0.2, 0) is 0 Å². The molecule has 0 spiro atoms. The molecule has 1 fully saturated rings. The summed E-state index contributed by atoms with van der Waals surface area (Å²) < 4.78 is 0. The summed E-state index contributed by atoms with van der Waals surface area (Å²) in [6.07, 6.45) is 7.70. The van der Waals surface area contributed by atoms with Crippen LogP contribution in [0.4, 0.5) is 0 Å². The number of benzene rings is 1. The molecule has 1 aliphatic heterocycles. The summed E-state index contributed by atoms with van der Waals surface area (Å²) in [4.78, 5) is 27.3. The van der Waals surface area contributed by atoms with Crippen molar-refractivity contribution in [3.63, 3.8) is 0 Å². The molecular formula is C22H23N5O.